The molecule has 4 heteroatoms. The normalized spacial score (nSPS) is 19.2. The van der Waals surface area contributed by atoms with E-state index in [9.17, 15) is 0 Å². The summed E-state index contributed by atoms with van der Waals surface area (Å²) in [7, 11) is 0. The van der Waals surface area contributed by atoms with Gasteiger partial charge in [-0.15, -0.1) is 11.3 Å². The van der Waals surface area contributed by atoms with Crippen LogP contribution in [0.25, 0.3) is 10.2 Å². The molecule has 2 heterocycles. The molecule has 1 saturated heterocycles. The molecule has 1 aliphatic heterocycles. The summed E-state index contributed by atoms with van der Waals surface area (Å²) in [5, 5.41) is 3.77. The van der Waals surface area contributed by atoms with Crippen LogP contribution in [0.1, 0.15) is 33.1 Å². The predicted octanol–water partition coefficient (Wildman–Crippen LogP) is 3.65. The standard InChI is InChI=1S/C16H23N3S/c1-3-16(4-2)11-19(9-5-8-18-16)13-6-7-14-15(10-13)20-12-17-14/h6-7,10,12,18H,3-5,8-9,11H2,1-2H3. The minimum Gasteiger partial charge on any atom is -0.370 e. The van der Waals surface area contributed by atoms with Gasteiger partial charge in [0.1, 0.15) is 0 Å². The first-order valence-electron chi connectivity index (χ1n) is 7.59. The fourth-order valence-corrected chi connectivity index (χ4v) is 3.82. The van der Waals surface area contributed by atoms with Crippen molar-refractivity contribution in [3.8, 4) is 0 Å². The first-order chi connectivity index (χ1) is 9.76. The van der Waals surface area contributed by atoms with Crippen LogP contribution in [-0.4, -0.2) is 30.2 Å². The zero-order chi connectivity index (χ0) is 14.0. The summed E-state index contributed by atoms with van der Waals surface area (Å²) >= 11 is 1.73. The third-order valence-electron chi connectivity index (χ3n) is 4.63. The van der Waals surface area contributed by atoms with E-state index >= 15 is 0 Å². The van der Waals surface area contributed by atoms with Crippen LogP contribution in [0.2, 0.25) is 0 Å². The quantitative estimate of drug-likeness (QED) is 0.934. The molecular weight excluding hydrogens is 266 g/mol. The molecule has 0 spiro atoms. The number of rotatable bonds is 3. The number of thiazole rings is 1. The summed E-state index contributed by atoms with van der Waals surface area (Å²) in [6.07, 6.45) is 3.58. The Kier molecular flexibility index (Phi) is 3.94. The molecule has 3 nitrogen and oxygen atoms in total. The average Bonchev–Trinajstić information content (AvgIpc) is 2.85. The molecule has 0 amide bonds. The van der Waals surface area contributed by atoms with Gasteiger partial charge >= 0.3 is 0 Å². The summed E-state index contributed by atoms with van der Waals surface area (Å²) < 4.78 is 1.29. The number of fused-ring (bicyclic) bond motifs is 1. The number of nitrogens with zero attached hydrogens (tertiary/aromatic N) is 2. The molecule has 1 fully saturated rings. The van der Waals surface area contributed by atoms with Crippen LogP contribution in [0.5, 0.6) is 0 Å². The van der Waals surface area contributed by atoms with E-state index in [1.165, 1.54) is 29.6 Å². The fourth-order valence-electron chi connectivity index (χ4n) is 3.11. The van der Waals surface area contributed by atoms with E-state index in [0.717, 1.165) is 25.2 Å². The van der Waals surface area contributed by atoms with E-state index in [2.05, 4.69) is 47.2 Å². The maximum Gasteiger partial charge on any atom is 0.0813 e. The van der Waals surface area contributed by atoms with E-state index in [0.29, 0.717) is 0 Å². The minimum absolute atomic E-state index is 0.263. The maximum absolute atomic E-state index is 4.37. The van der Waals surface area contributed by atoms with Crippen LogP contribution in [0, 0.1) is 0 Å². The molecule has 0 bridgehead atoms. The highest BCUT2D eigenvalue weighted by Gasteiger charge is 2.30. The Morgan fingerprint density at radius 1 is 1.35 bits per heavy atom. The van der Waals surface area contributed by atoms with E-state index < -0.39 is 0 Å². The second kappa shape index (κ2) is 5.70. The molecule has 1 aromatic heterocycles. The summed E-state index contributed by atoms with van der Waals surface area (Å²) in [5.41, 5.74) is 4.65. The van der Waals surface area contributed by atoms with E-state index in [1.54, 1.807) is 11.3 Å². The predicted molar refractivity (Wildman–Crippen MR) is 87.8 cm³/mol. The zero-order valence-corrected chi connectivity index (χ0v) is 13.2. The van der Waals surface area contributed by atoms with Gasteiger partial charge in [0.25, 0.3) is 0 Å². The SMILES string of the molecule is CCC1(CC)CN(c2ccc3ncsc3c2)CCCN1. The maximum atomic E-state index is 4.37. The number of nitrogens with one attached hydrogen (secondary N) is 1. The van der Waals surface area contributed by atoms with Crippen molar-refractivity contribution in [1.29, 1.82) is 0 Å². The molecule has 0 unspecified atom stereocenters. The highest BCUT2D eigenvalue weighted by Crippen LogP contribution is 2.28. The monoisotopic (exact) mass is 289 g/mol. The smallest absolute Gasteiger partial charge is 0.0813 e. The van der Waals surface area contributed by atoms with Crippen LogP contribution >= 0.6 is 11.3 Å². The van der Waals surface area contributed by atoms with Crippen molar-refractivity contribution in [2.24, 2.45) is 0 Å². The third kappa shape index (κ3) is 2.54. The van der Waals surface area contributed by atoms with Crippen molar-refractivity contribution in [1.82, 2.24) is 10.3 Å². The molecule has 3 rings (SSSR count). The van der Waals surface area contributed by atoms with Crippen LogP contribution in [-0.2, 0) is 0 Å². The van der Waals surface area contributed by atoms with Crippen molar-refractivity contribution in [2.75, 3.05) is 24.5 Å². The van der Waals surface area contributed by atoms with Crippen LogP contribution in [0.15, 0.2) is 23.7 Å². The van der Waals surface area contributed by atoms with Crippen molar-refractivity contribution in [2.45, 2.75) is 38.6 Å². The van der Waals surface area contributed by atoms with Gasteiger partial charge in [-0.25, -0.2) is 4.98 Å². The Morgan fingerprint density at radius 3 is 3.00 bits per heavy atom. The topological polar surface area (TPSA) is 28.2 Å². The Morgan fingerprint density at radius 2 is 2.20 bits per heavy atom. The Hall–Kier alpha value is -1.13. The van der Waals surface area contributed by atoms with Gasteiger partial charge in [0.2, 0.25) is 0 Å². The molecule has 0 atom stereocenters. The first kappa shape index (κ1) is 13.8. The van der Waals surface area contributed by atoms with Crippen LogP contribution in [0.4, 0.5) is 5.69 Å². The minimum atomic E-state index is 0.263. The van der Waals surface area contributed by atoms with Gasteiger partial charge in [0.05, 0.1) is 15.7 Å². The average molecular weight is 289 g/mol. The zero-order valence-electron chi connectivity index (χ0n) is 12.4. The highest BCUT2D eigenvalue weighted by molar-refractivity contribution is 7.16. The van der Waals surface area contributed by atoms with Crippen molar-refractivity contribution in [3.63, 3.8) is 0 Å². The Balaban J connectivity index is 1.90. The van der Waals surface area contributed by atoms with E-state index in [4.69, 9.17) is 0 Å². The van der Waals surface area contributed by atoms with Gasteiger partial charge < -0.3 is 10.2 Å². The van der Waals surface area contributed by atoms with Crippen LogP contribution < -0.4 is 10.2 Å². The molecule has 2 aromatic rings. The number of anilines is 1. The lowest BCUT2D eigenvalue weighted by Crippen LogP contribution is -2.50. The summed E-state index contributed by atoms with van der Waals surface area (Å²) in [6.45, 7) is 7.96. The summed E-state index contributed by atoms with van der Waals surface area (Å²) in [5.74, 6) is 0. The van der Waals surface area contributed by atoms with Gasteiger partial charge in [-0.2, -0.15) is 0 Å². The molecule has 108 valence electrons. The van der Waals surface area contributed by atoms with Gasteiger partial charge in [-0.1, -0.05) is 13.8 Å². The molecule has 1 N–H and O–H groups in total. The van der Waals surface area contributed by atoms with Crippen molar-refractivity contribution in [3.05, 3.63) is 23.7 Å². The number of hydrogen-bond donors (Lipinski definition) is 1. The number of aromatic nitrogens is 1. The lowest BCUT2D eigenvalue weighted by Gasteiger charge is -2.36. The molecule has 20 heavy (non-hydrogen) atoms. The van der Waals surface area contributed by atoms with Gasteiger partial charge in [0, 0.05) is 24.3 Å². The van der Waals surface area contributed by atoms with Gasteiger partial charge in [-0.3, -0.25) is 0 Å². The second-order valence-electron chi connectivity index (χ2n) is 5.69. The first-order valence-corrected chi connectivity index (χ1v) is 8.47. The summed E-state index contributed by atoms with van der Waals surface area (Å²) in [6, 6.07) is 6.68. The lowest BCUT2D eigenvalue weighted by molar-refractivity contribution is 0.321. The van der Waals surface area contributed by atoms with Gasteiger partial charge in [-0.05, 0) is 44.0 Å². The largest absolute Gasteiger partial charge is 0.370 e. The molecule has 0 radical (unpaired) electrons. The lowest BCUT2D eigenvalue weighted by atomic mass is 9.92. The number of benzene rings is 1. The number of hydrogen-bond acceptors (Lipinski definition) is 4. The van der Waals surface area contributed by atoms with Crippen molar-refractivity contribution >= 4 is 27.2 Å². The molecule has 1 aromatic carbocycles. The molecule has 0 aliphatic carbocycles. The molecule has 0 saturated carbocycles. The van der Waals surface area contributed by atoms with E-state index in [-0.39, 0.29) is 5.54 Å². The molecule has 1 aliphatic rings. The fraction of sp³-hybridized carbons (Fsp3) is 0.562. The highest BCUT2D eigenvalue weighted by atomic mass is 32.1. The Bertz CT molecular complexity index is 574. The third-order valence-corrected chi connectivity index (χ3v) is 5.42. The van der Waals surface area contributed by atoms with Crippen molar-refractivity contribution < 1.29 is 0 Å². The van der Waals surface area contributed by atoms with Gasteiger partial charge in [0.15, 0.2) is 0 Å². The van der Waals surface area contributed by atoms with Crippen LogP contribution in [0.3, 0.4) is 0 Å². The Labute approximate surface area is 125 Å². The summed E-state index contributed by atoms with van der Waals surface area (Å²) in [4.78, 5) is 6.92. The van der Waals surface area contributed by atoms with E-state index in [1.807, 2.05) is 5.51 Å². The molecular formula is C16H23N3S. The second-order valence-corrected chi connectivity index (χ2v) is 6.58.